The quantitative estimate of drug-likeness (QED) is 0.274. The summed E-state index contributed by atoms with van der Waals surface area (Å²) < 4.78 is 57.9. The molecule has 0 spiro atoms. The summed E-state index contributed by atoms with van der Waals surface area (Å²) >= 11 is 0. The molecule has 1 aliphatic rings. The van der Waals surface area contributed by atoms with Gasteiger partial charge in [0.2, 0.25) is 11.7 Å². The Labute approximate surface area is 229 Å². The molecule has 0 atom stereocenters. The van der Waals surface area contributed by atoms with Gasteiger partial charge < -0.3 is 15.0 Å². The molecule has 3 N–H and O–H groups in total. The number of aromatic nitrogens is 4. The molecule has 4 heterocycles. The first-order chi connectivity index (χ1) is 19.1. The summed E-state index contributed by atoms with van der Waals surface area (Å²) in [5, 5.41) is 10.0. The molecule has 40 heavy (non-hydrogen) atoms. The van der Waals surface area contributed by atoms with E-state index in [1.165, 1.54) is 13.2 Å². The molecule has 0 unspecified atom stereocenters. The van der Waals surface area contributed by atoms with E-state index < -0.39 is 38.9 Å². The van der Waals surface area contributed by atoms with Crippen molar-refractivity contribution in [1.82, 2.24) is 24.2 Å². The van der Waals surface area contributed by atoms with Crippen LogP contribution in [0.25, 0.3) is 22.2 Å². The standard InChI is InChI=1S/C26H27F2N7O4S/c1-3-34(2)40(38,39)33-21-5-4-20(27)22(23(21)28)24(37)19-14-30-25-18(19)10-15(11-29-25)16-12-31-26(32-13-16)35-8-6-17(36)7-9-35/h4-5,10-14,17,33,36H,3,6-9H2,1-2H3,(H,29,30). The second kappa shape index (κ2) is 10.9. The highest BCUT2D eigenvalue weighted by atomic mass is 32.2. The van der Waals surface area contributed by atoms with Gasteiger partial charge in [0, 0.05) is 73.5 Å². The number of hydrogen-bond acceptors (Lipinski definition) is 8. The van der Waals surface area contributed by atoms with E-state index in [1.807, 2.05) is 4.90 Å². The summed E-state index contributed by atoms with van der Waals surface area (Å²) in [7, 11) is -2.82. The predicted octanol–water partition coefficient (Wildman–Crippen LogP) is 3.10. The lowest BCUT2D eigenvalue weighted by Crippen LogP contribution is -2.36. The number of ketones is 1. The Morgan fingerprint density at radius 1 is 1.15 bits per heavy atom. The zero-order valence-corrected chi connectivity index (χ0v) is 22.5. The highest BCUT2D eigenvalue weighted by molar-refractivity contribution is 7.90. The van der Waals surface area contributed by atoms with Crippen molar-refractivity contribution in [1.29, 1.82) is 0 Å². The molecule has 11 nitrogen and oxygen atoms in total. The first-order valence-corrected chi connectivity index (χ1v) is 14.0. The topological polar surface area (TPSA) is 144 Å². The van der Waals surface area contributed by atoms with Gasteiger partial charge >= 0.3 is 10.2 Å². The Hall–Kier alpha value is -4.01. The van der Waals surface area contributed by atoms with Gasteiger partial charge in [-0.2, -0.15) is 12.7 Å². The van der Waals surface area contributed by atoms with Crippen molar-refractivity contribution < 1.29 is 27.1 Å². The van der Waals surface area contributed by atoms with Gasteiger partial charge in [-0.15, -0.1) is 0 Å². The zero-order chi connectivity index (χ0) is 28.6. The van der Waals surface area contributed by atoms with Gasteiger partial charge in [0.1, 0.15) is 11.5 Å². The third kappa shape index (κ3) is 5.24. The third-order valence-electron chi connectivity index (χ3n) is 6.91. The molecule has 1 saturated heterocycles. The van der Waals surface area contributed by atoms with Gasteiger partial charge in [0.05, 0.1) is 17.4 Å². The van der Waals surface area contributed by atoms with Crippen molar-refractivity contribution in [3.05, 3.63) is 65.7 Å². The summed E-state index contributed by atoms with van der Waals surface area (Å²) in [5.74, 6) is -2.91. The number of rotatable bonds is 8. The van der Waals surface area contributed by atoms with Gasteiger partial charge in [-0.3, -0.25) is 9.52 Å². The highest BCUT2D eigenvalue weighted by Crippen LogP contribution is 2.30. The SMILES string of the molecule is CCN(C)S(=O)(=O)Nc1ccc(F)c(C(=O)c2c[nH]c3ncc(-c4cnc(N5CCC(O)CC5)nc4)cc23)c1F. The molecule has 210 valence electrons. The van der Waals surface area contributed by atoms with E-state index in [1.54, 1.807) is 31.6 Å². The minimum atomic E-state index is -4.11. The molecular formula is C26H27F2N7O4S. The first kappa shape index (κ1) is 27.6. The molecular weight excluding hydrogens is 544 g/mol. The number of anilines is 2. The average molecular weight is 572 g/mol. The monoisotopic (exact) mass is 571 g/mol. The third-order valence-corrected chi connectivity index (χ3v) is 8.46. The van der Waals surface area contributed by atoms with E-state index in [9.17, 15) is 22.7 Å². The van der Waals surface area contributed by atoms with E-state index >= 15 is 4.39 Å². The fourth-order valence-corrected chi connectivity index (χ4v) is 5.34. The van der Waals surface area contributed by atoms with Crippen molar-refractivity contribution in [2.24, 2.45) is 0 Å². The maximum Gasteiger partial charge on any atom is 0.301 e. The van der Waals surface area contributed by atoms with E-state index in [0.29, 0.717) is 54.0 Å². The molecule has 0 bridgehead atoms. The van der Waals surface area contributed by atoms with Crippen molar-refractivity contribution in [3.8, 4) is 11.1 Å². The van der Waals surface area contributed by atoms with Crippen LogP contribution >= 0.6 is 0 Å². The van der Waals surface area contributed by atoms with Crippen LogP contribution in [0.5, 0.6) is 0 Å². The first-order valence-electron chi connectivity index (χ1n) is 12.6. The number of aliphatic hydroxyl groups is 1. The number of aliphatic hydroxyl groups excluding tert-OH is 1. The Bertz CT molecular complexity index is 1670. The molecule has 5 rings (SSSR count). The number of H-pyrrole nitrogens is 1. The molecule has 0 aliphatic carbocycles. The van der Waals surface area contributed by atoms with Crippen LogP contribution in [-0.4, -0.2) is 76.3 Å². The Morgan fingerprint density at radius 2 is 1.82 bits per heavy atom. The smallest absolute Gasteiger partial charge is 0.301 e. The summed E-state index contributed by atoms with van der Waals surface area (Å²) in [4.78, 5) is 31.4. The number of carbonyl (C=O) groups is 1. The van der Waals surface area contributed by atoms with E-state index in [0.717, 1.165) is 16.4 Å². The lowest BCUT2D eigenvalue weighted by atomic mass is 10.0. The lowest BCUT2D eigenvalue weighted by Gasteiger charge is -2.29. The number of benzene rings is 1. The summed E-state index contributed by atoms with van der Waals surface area (Å²) in [6, 6.07) is 3.40. The maximum absolute atomic E-state index is 15.4. The van der Waals surface area contributed by atoms with Crippen LogP contribution in [0.1, 0.15) is 35.7 Å². The number of carbonyl (C=O) groups excluding carboxylic acids is 1. The number of halogens is 2. The van der Waals surface area contributed by atoms with Gasteiger partial charge in [-0.1, -0.05) is 6.92 Å². The minimum Gasteiger partial charge on any atom is -0.393 e. The van der Waals surface area contributed by atoms with Crippen LogP contribution in [0, 0.1) is 11.6 Å². The van der Waals surface area contributed by atoms with Crippen LogP contribution < -0.4 is 9.62 Å². The van der Waals surface area contributed by atoms with E-state index in [4.69, 9.17) is 0 Å². The van der Waals surface area contributed by atoms with Gasteiger partial charge in [0.25, 0.3) is 0 Å². The molecule has 0 radical (unpaired) electrons. The van der Waals surface area contributed by atoms with Gasteiger partial charge in [-0.05, 0) is 31.0 Å². The Morgan fingerprint density at radius 3 is 2.50 bits per heavy atom. The molecule has 0 amide bonds. The number of aromatic amines is 1. The normalized spacial score (nSPS) is 14.7. The number of hydrogen-bond donors (Lipinski definition) is 3. The number of piperidine rings is 1. The Kier molecular flexibility index (Phi) is 7.49. The summed E-state index contributed by atoms with van der Waals surface area (Å²) in [6.07, 6.45) is 7.06. The second-order valence-corrected chi connectivity index (χ2v) is 11.2. The van der Waals surface area contributed by atoms with Crippen molar-refractivity contribution in [2.75, 3.05) is 36.3 Å². The minimum absolute atomic E-state index is 0.0442. The molecule has 1 fully saturated rings. The Balaban J connectivity index is 1.46. The van der Waals surface area contributed by atoms with Crippen LogP contribution in [-0.2, 0) is 10.2 Å². The number of nitrogens with zero attached hydrogens (tertiary/aromatic N) is 5. The molecule has 4 aromatic rings. The average Bonchev–Trinajstić information content (AvgIpc) is 3.38. The lowest BCUT2D eigenvalue weighted by molar-refractivity contribution is 0.103. The van der Waals surface area contributed by atoms with Crippen LogP contribution in [0.15, 0.2) is 43.0 Å². The largest absolute Gasteiger partial charge is 0.393 e. The second-order valence-electron chi connectivity index (χ2n) is 9.45. The van der Waals surface area contributed by atoms with Crippen molar-refractivity contribution in [2.45, 2.75) is 25.9 Å². The fourth-order valence-electron chi connectivity index (χ4n) is 4.41. The summed E-state index contributed by atoms with van der Waals surface area (Å²) in [5.41, 5.74) is 0.0144. The van der Waals surface area contributed by atoms with Crippen LogP contribution in [0.4, 0.5) is 20.4 Å². The van der Waals surface area contributed by atoms with Crippen LogP contribution in [0.3, 0.4) is 0 Å². The predicted molar refractivity (Wildman–Crippen MR) is 145 cm³/mol. The van der Waals surface area contributed by atoms with E-state index in [-0.39, 0.29) is 18.2 Å². The number of nitrogens with one attached hydrogen (secondary N) is 2. The van der Waals surface area contributed by atoms with Crippen molar-refractivity contribution in [3.63, 3.8) is 0 Å². The molecule has 3 aromatic heterocycles. The molecule has 14 heteroatoms. The summed E-state index contributed by atoms with van der Waals surface area (Å²) in [6.45, 7) is 3.00. The number of fused-ring (bicyclic) bond motifs is 1. The highest BCUT2D eigenvalue weighted by Gasteiger charge is 2.27. The van der Waals surface area contributed by atoms with Gasteiger partial charge in [-0.25, -0.2) is 23.7 Å². The maximum atomic E-state index is 15.4. The van der Waals surface area contributed by atoms with Crippen molar-refractivity contribution >= 4 is 38.7 Å². The number of pyridine rings is 1. The van der Waals surface area contributed by atoms with Gasteiger partial charge in [0.15, 0.2) is 5.82 Å². The molecule has 1 aliphatic heterocycles. The van der Waals surface area contributed by atoms with Crippen LogP contribution in [0.2, 0.25) is 0 Å². The fraction of sp³-hybridized carbons (Fsp3) is 0.308. The molecule has 0 saturated carbocycles. The van der Waals surface area contributed by atoms with E-state index in [2.05, 4.69) is 24.7 Å². The zero-order valence-electron chi connectivity index (χ0n) is 21.7. The molecule has 1 aromatic carbocycles.